The Morgan fingerprint density at radius 1 is 0.542 bits per heavy atom. The van der Waals surface area contributed by atoms with Crippen molar-refractivity contribution < 1.29 is 0 Å². The molecular formula is C22H18N2. The highest BCUT2D eigenvalue weighted by Crippen LogP contribution is 2.23. The number of para-hydroxylation sites is 2. The smallest absolute Gasteiger partial charge is 0.0464 e. The Morgan fingerprint density at radius 3 is 1.96 bits per heavy atom. The lowest BCUT2D eigenvalue weighted by atomic mass is 10.1. The van der Waals surface area contributed by atoms with Crippen LogP contribution >= 0.6 is 0 Å². The lowest BCUT2D eigenvalue weighted by Gasteiger charge is -1.94. The van der Waals surface area contributed by atoms with Crippen LogP contribution in [0.25, 0.3) is 33.1 Å². The van der Waals surface area contributed by atoms with E-state index in [0.717, 1.165) is 0 Å². The molecule has 2 nitrogen and oxygen atoms in total. The van der Waals surface area contributed by atoms with E-state index in [-0.39, 0.29) is 0 Å². The first-order valence-corrected chi connectivity index (χ1v) is 8.05. The zero-order valence-electron chi connectivity index (χ0n) is 13.2. The summed E-state index contributed by atoms with van der Waals surface area (Å²) < 4.78 is 0. The number of nitrogens with one attached hydrogen (secondary N) is 2. The Kier molecular flexibility index (Phi) is 3.86. The van der Waals surface area contributed by atoms with Crippen LogP contribution < -0.4 is 0 Å². The van der Waals surface area contributed by atoms with E-state index in [0.29, 0.717) is 0 Å². The monoisotopic (exact) mass is 310 g/mol. The fourth-order valence-corrected chi connectivity index (χ4v) is 2.84. The molecule has 5 aromatic rings. The van der Waals surface area contributed by atoms with Gasteiger partial charge in [-0.2, -0.15) is 0 Å². The Morgan fingerprint density at radius 2 is 1.21 bits per heavy atom. The van der Waals surface area contributed by atoms with E-state index in [1.54, 1.807) is 0 Å². The summed E-state index contributed by atoms with van der Waals surface area (Å²) in [6, 6.07) is 31.2. The molecule has 0 atom stereocenters. The first-order chi connectivity index (χ1) is 11.9. The van der Waals surface area contributed by atoms with Crippen molar-refractivity contribution in [2.45, 2.75) is 0 Å². The molecule has 2 aromatic heterocycles. The van der Waals surface area contributed by atoms with Gasteiger partial charge in [0.1, 0.15) is 0 Å². The highest BCUT2D eigenvalue weighted by molar-refractivity contribution is 5.85. The van der Waals surface area contributed by atoms with Gasteiger partial charge in [-0.3, -0.25) is 0 Å². The molecule has 24 heavy (non-hydrogen) atoms. The van der Waals surface area contributed by atoms with Crippen LogP contribution in [0.5, 0.6) is 0 Å². The van der Waals surface area contributed by atoms with Crippen molar-refractivity contribution in [3.8, 4) is 11.3 Å². The largest absolute Gasteiger partial charge is 0.361 e. The van der Waals surface area contributed by atoms with Crippen molar-refractivity contribution in [1.82, 2.24) is 9.97 Å². The molecule has 3 aromatic carbocycles. The van der Waals surface area contributed by atoms with Crippen LogP contribution in [-0.2, 0) is 0 Å². The van der Waals surface area contributed by atoms with Crippen molar-refractivity contribution in [3.05, 3.63) is 97.2 Å². The molecule has 0 spiro atoms. The Balaban J connectivity index is 0.000000138. The minimum absolute atomic E-state index is 1.18. The van der Waals surface area contributed by atoms with E-state index in [2.05, 4.69) is 76.7 Å². The third-order valence-electron chi connectivity index (χ3n) is 4.08. The maximum Gasteiger partial charge on any atom is 0.0464 e. The molecule has 0 fully saturated rings. The summed E-state index contributed by atoms with van der Waals surface area (Å²) >= 11 is 0. The summed E-state index contributed by atoms with van der Waals surface area (Å²) in [5, 5.41) is 2.54. The predicted molar refractivity (Wildman–Crippen MR) is 102 cm³/mol. The summed E-state index contributed by atoms with van der Waals surface area (Å²) in [7, 11) is 0. The van der Waals surface area contributed by atoms with Gasteiger partial charge in [0.05, 0.1) is 0 Å². The predicted octanol–water partition coefficient (Wildman–Crippen LogP) is 6.00. The molecule has 0 unspecified atom stereocenters. The summed E-state index contributed by atoms with van der Waals surface area (Å²) in [6.45, 7) is 0. The van der Waals surface area contributed by atoms with Crippen LogP contribution in [0.2, 0.25) is 0 Å². The number of H-pyrrole nitrogens is 2. The van der Waals surface area contributed by atoms with Crippen molar-refractivity contribution in [1.29, 1.82) is 0 Å². The zero-order chi connectivity index (χ0) is 16.2. The van der Waals surface area contributed by atoms with E-state index >= 15 is 0 Å². The quantitative estimate of drug-likeness (QED) is 0.380. The van der Waals surface area contributed by atoms with Crippen LogP contribution in [0.3, 0.4) is 0 Å². The number of benzene rings is 3. The molecule has 0 bridgehead atoms. The first kappa shape index (κ1) is 14.3. The molecule has 0 amide bonds. The molecule has 0 aliphatic rings. The van der Waals surface area contributed by atoms with E-state index in [4.69, 9.17) is 0 Å². The van der Waals surface area contributed by atoms with Gasteiger partial charge in [0.15, 0.2) is 0 Å². The summed E-state index contributed by atoms with van der Waals surface area (Å²) in [5.74, 6) is 0. The molecular weight excluding hydrogens is 292 g/mol. The van der Waals surface area contributed by atoms with Crippen LogP contribution in [0.4, 0.5) is 0 Å². The summed E-state index contributed by atoms with van der Waals surface area (Å²) in [6.07, 6.45) is 1.95. The molecule has 2 heteroatoms. The molecule has 0 saturated carbocycles. The van der Waals surface area contributed by atoms with Gasteiger partial charge in [-0.25, -0.2) is 0 Å². The Labute approximate surface area is 140 Å². The Hall–Kier alpha value is -3.26. The standard InChI is InChI=1S/C14H11N.C8H7N/c1-2-6-11(7-3-1)14-10-12-8-4-5-9-13(12)15-14;1-2-4-8-7(3-1)5-6-9-8/h1-10,15H;1-6,9H. The lowest BCUT2D eigenvalue weighted by Crippen LogP contribution is -1.74. The summed E-state index contributed by atoms with van der Waals surface area (Å²) in [4.78, 5) is 6.53. The van der Waals surface area contributed by atoms with Gasteiger partial charge >= 0.3 is 0 Å². The maximum atomic E-state index is 3.41. The van der Waals surface area contributed by atoms with Crippen molar-refractivity contribution in [3.63, 3.8) is 0 Å². The van der Waals surface area contributed by atoms with E-state index < -0.39 is 0 Å². The molecule has 116 valence electrons. The van der Waals surface area contributed by atoms with Gasteiger partial charge < -0.3 is 9.97 Å². The fourth-order valence-electron chi connectivity index (χ4n) is 2.84. The van der Waals surface area contributed by atoms with Crippen LogP contribution in [0, 0.1) is 0 Å². The Bertz CT molecular complexity index is 992. The van der Waals surface area contributed by atoms with Gasteiger partial charge in [-0.15, -0.1) is 0 Å². The van der Waals surface area contributed by atoms with E-state index in [1.807, 2.05) is 30.5 Å². The highest BCUT2D eigenvalue weighted by atomic mass is 14.7. The van der Waals surface area contributed by atoms with Crippen LogP contribution in [0.15, 0.2) is 97.2 Å². The highest BCUT2D eigenvalue weighted by Gasteiger charge is 2.00. The van der Waals surface area contributed by atoms with E-state index in [1.165, 1.54) is 33.1 Å². The van der Waals surface area contributed by atoms with Gasteiger partial charge in [-0.1, -0.05) is 66.7 Å². The van der Waals surface area contributed by atoms with Gasteiger partial charge in [0, 0.05) is 28.3 Å². The SMILES string of the molecule is c1ccc(-c2cc3ccccc3[nH]2)cc1.c1ccc2[nH]ccc2c1. The van der Waals surface area contributed by atoms with E-state index in [9.17, 15) is 0 Å². The average molecular weight is 310 g/mol. The average Bonchev–Trinajstić information content (AvgIpc) is 3.29. The van der Waals surface area contributed by atoms with Crippen molar-refractivity contribution in [2.24, 2.45) is 0 Å². The third-order valence-corrected chi connectivity index (χ3v) is 4.08. The van der Waals surface area contributed by atoms with Gasteiger partial charge in [-0.05, 0) is 35.2 Å². The zero-order valence-corrected chi connectivity index (χ0v) is 13.2. The number of hydrogen-bond donors (Lipinski definition) is 2. The molecule has 2 N–H and O–H groups in total. The molecule has 5 rings (SSSR count). The van der Waals surface area contributed by atoms with Crippen LogP contribution in [-0.4, -0.2) is 9.97 Å². The maximum absolute atomic E-state index is 3.41. The second-order valence-electron chi connectivity index (χ2n) is 5.70. The molecule has 0 radical (unpaired) electrons. The number of aromatic amines is 2. The third kappa shape index (κ3) is 2.95. The van der Waals surface area contributed by atoms with Gasteiger partial charge in [0.25, 0.3) is 0 Å². The molecule has 0 aliphatic heterocycles. The lowest BCUT2D eigenvalue weighted by molar-refractivity contribution is 1.45. The second-order valence-corrected chi connectivity index (χ2v) is 5.70. The number of fused-ring (bicyclic) bond motifs is 2. The number of aromatic nitrogens is 2. The minimum Gasteiger partial charge on any atom is -0.361 e. The topological polar surface area (TPSA) is 31.6 Å². The van der Waals surface area contributed by atoms with Crippen LogP contribution in [0.1, 0.15) is 0 Å². The van der Waals surface area contributed by atoms with Crippen molar-refractivity contribution in [2.75, 3.05) is 0 Å². The van der Waals surface area contributed by atoms with Gasteiger partial charge in [0.2, 0.25) is 0 Å². The number of rotatable bonds is 1. The molecule has 0 saturated heterocycles. The van der Waals surface area contributed by atoms with Crippen molar-refractivity contribution >= 4 is 21.8 Å². The fraction of sp³-hybridized carbons (Fsp3) is 0. The minimum atomic E-state index is 1.18. The molecule has 0 aliphatic carbocycles. The number of hydrogen-bond acceptors (Lipinski definition) is 0. The second kappa shape index (κ2) is 6.47. The normalized spacial score (nSPS) is 10.5. The molecule has 2 heterocycles. The summed E-state index contributed by atoms with van der Waals surface area (Å²) in [5.41, 5.74) is 4.80. The first-order valence-electron chi connectivity index (χ1n) is 8.05.